The molecule has 0 aliphatic carbocycles. The molecule has 1 aromatic carbocycles. The molecule has 2 aromatic rings. The van der Waals surface area contributed by atoms with Crippen molar-refractivity contribution in [1.29, 1.82) is 0 Å². The first-order chi connectivity index (χ1) is 10.1. The van der Waals surface area contributed by atoms with Crippen molar-refractivity contribution in [2.24, 2.45) is 0 Å². The first-order valence-electron chi connectivity index (χ1n) is 6.24. The van der Waals surface area contributed by atoms with Gasteiger partial charge in [0.25, 0.3) is 0 Å². The molecule has 110 valence electrons. The number of anilines is 1. The van der Waals surface area contributed by atoms with Crippen LogP contribution in [0, 0.1) is 0 Å². The SMILES string of the molecule is C=CCOC(=O)Nc1nc2ccc(CCC(=O)O)cc2s1. The van der Waals surface area contributed by atoms with Crippen LogP contribution in [0.25, 0.3) is 10.2 Å². The highest BCUT2D eigenvalue weighted by Crippen LogP contribution is 2.27. The quantitative estimate of drug-likeness (QED) is 0.801. The maximum absolute atomic E-state index is 11.4. The molecule has 6 nitrogen and oxygen atoms in total. The Morgan fingerprint density at radius 3 is 3.00 bits per heavy atom. The summed E-state index contributed by atoms with van der Waals surface area (Å²) in [4.78, 5) is 26.2. The number of aryl methyl sites for hydroxylation is 1. The predicted molar refractivity (Wildman–Crippen MR) is 80.7 cm³/mol. The van der Waals surface area contributed by atoms with Gasteiger partial charge < -0.3 is 9.84 Å². The van der Waals surface area contributed by atoms with Crippen LogP contribution in [-0.4, -0.2) is 28.8 Å². The number of nitrogens with zero attached hydrogens (tertiary/aromatic N) is 1. The number of carboxylic acid groups (broad SMARTS) is 1. The Bertz CT molecular complexity index is 681. The summed E-state index contributed by atoms with van der Waals surface area (Å²) in [7, 11) is 0. The van der Waals surface area contributed by atoms with Gasteiger partial charge in [0.2, 0.25) is 0 Å². The van der Waals surface area contributed by atoms with Crippen molar-refractivity contribution >= 4 is 38.7 Å². The predicted octanol–water partition coefficient (Wildman–Crippen LogP) is 3.05. The van der Waals surface area contributed by atoms with E-state index >= 15 is 0 Å². The lowest BCUT2D eigenvalue weighted by Gasteiger charge is -2.00. The highest BCUT2D eigenvalue weighted by molar-refractivity contribution is 7.22. The molecular formula is C14H14N2O4S. The average Bonchev–Trinajstić information content (AvgIpc) is 2.84. The first kappa shape index (κ1) is 15.0. The Hall–Kier alpha value is -2.41. The van der Waals surface area contributed by atoms with Crippen LogP contribution >= 0.6 is 11.3 Å². The molecule has 0 aliphatic rings. The fraction of sp³-hybridized carbons (Fsp3) is 0.214. The molecule has 0 atom stereocenters. The van der Waals surface area contributed by atoms with Crippen molar-refractivity contribution < 1.29 is 19.4 Å². The van der Waals surface area contributed by atoms with Gasteiger partial charge in [-0.1, -0.05) is 30.1 Å². The summed E-state index contributed by atoms with van der Waals surface area (Å²) < 4.78 is 5.70. The number of carbonyl (C=O) groups is 2. The Morgan fingerprint density at radius 2 is 2.29 bits per heavy atom. The number of thiazole rings is 1. The summed E-state index contributed by atoms with van der Waals surface area (Å²) in [6.45, 7) is 3.59. The van der Waals surface area contributed by atoms with Crippen LogP contribution in [0.1, 0.15) is 12.0 Å². The average molecular weight is 306 g/mol. The molecule has 0 unspecified atom stereocenters. The van der Waals surface area contributed by atoms with Crippen molar-refractivity contribution in [3.8, 4) is 0 Å². The van der Waals surface area contributed by atoms with Gasteiger partial charge in [0.1, 0.15) is 6.61 Å². The molecule has 0 fully saturated rings. The number of fused-ring (bicyclic) bond motifs is 1. The van der Waals surface area contributed by atoms with Crippen LogP contribution in [0.3, 0.4) is 0 Å². The number of carbonyl (C=O) groups excluding carboxylic acids is 1. The van der Waals surface area contributed by atoms with Crippen molar-refractivity contribution in [3.05, 3.63) is 36.4 Å². The number of hydrogen-bond acceptors (Lipinski definition) is 5. The van der Waals surface area contributed by atoms with E-state index in [4.69, 9.17) is 9.84 Å². The van der Waals surface area contributed by atoms with Gasteiger partial charge in [0, 0.05) is 6.42 Å². The Morgan fingerprint density at radius 1 is 1.48 bits per heavy atom. The summed E-state index contributed by atoms with van der Waals surface area (Å²) in [6, 6.07) is 5.53. The second kappa shape index (κ2) is 6.85. The zero-order chi connectivity index (χ0) is 15.2. The number of nitrogens with one attached hydrogen (secondary N) is 1. The molecule has 0 saturated carbocycles. The third-order valence-electron chi connectivity index (χ3n) is 2.62. The minimum Gasteiger partial charge on any atom is -0.481 e. The smallest absolute Gasteiger partial charge is 0.413 e. The maximum Gasteiger partial charge on any atom is 0.413 e. The van der Waals surface area contributed by atoms with Crippen LogP contribution in [0.5, 0.6) is 0 Å². The lowest BCUT2D eigenvalue weighted by molar-refractivity contribution is -0.136. The minimum atomic E-state index is -0.827. The number of aliphatic carboxylic acids is 1. The van der Waals surface area contributed by atoms with E-state index in [1.807, 2.05) is 18.2 Å². The van der Waals surface area contributed by atoms with Crippen molar-refractivity contribution in [2.45, 2.75) is 12.8 Å². The lowest BCUT2D eigenvalue weighted by atomic mass is 10.1. The van der Waals surface area contributed by atoms with E-state index in [9.17, 15) is 9.59 Å². The summed E-state index contributed by atoms with van der Waals surface area (Å²) in [5.74, 6) is -0.827. The Labute approximate surface area is 125 Å². The van der Waals surface area contributed by atoms with Gasteiger partial charge in [-0.25, -0.2) is 9.78 Å². The number of ether oxygens (including phenoxy) is 1. The van der Waals surface area contributed by atoms with E-state index < -0.39 is 12.1 Å². The van der Waals surface area contributed by atoms with E-state index in [0.717, 1.165) is 15.8 Å². The number of amides is 1. The number of benzene rings is 1. The molecule has 21 heavy (non-hydrogen) atoms. The number of rotatable bonds is 6. The van der Waals surface area contributed by atoms with Crippen LogP contribution < -0.4 is 5.32 Å². The maximum atomic E-state index is 11.4. The molecule has 1 aromatic heterocycles. The van der Waals surface area contributed by atoms with Gasteiger partial charge in [-0.15, -0.1) is 0 Å². The van der Waals surface area contributed by atoms with E-state index in [1.165, 1.54) is 17.4 Å². The molecule has 0 spiro atoms. The van der Waals surface area contributed by atoms with Crippen molar-refractivity contribution in [2.75, 3.05) is 11.9 Å². The second-order valence-electron chi connectivity index (χ2n) is 4.23. The third kappa shape index (κ3) is 4.28. The van der Waals surface area contributed by atoms with Gasteiger partial charge in [-0.2, -0.15) is 0 Å². The summed E-state index contributed by atoms with van der Waals surface area (Å²) in [5.41, 5.74) is 1.67. The zero-order valence-corrected chi connectivity index (χ0v) is 12.0. The van der Waals surface area contributed by atoms with Gasteiger partial charge in [-0.3, -0.25) is 10.1 Å². The highest BCUT2D eigenvalue weighted by Gasteiger charge is 2.09. The molecule has 2 N–H and O–H groups in total. The first-order valence-corrected chi connectivity index (χ1v) is 7.06. The van der Waals surface area contributed by atoms with E-state index in [-0.39, 0.29) is 13.0 Å². The molecule has 7 heteroatoms. The lowest BCUT2D eigenvalue weighted by Crippen LogP contribution is -2.13. The summed E-state index contributed by atoms with van der Waals surface area (Å²) in [5, 5.41) is 11.7. The fourth-order valence-electron chi connectivity index (χ4n) is 1.69. The second-order valence-corrected chi connectivity index (χ2v) is 5.26. The highest BCUT2D eigenvalue weighted by atomic mass is 32.1. The largest absolute Gasteiger partial charge is 0.481 e. The fourth-order valence-corrected chi connectivity index (χ4v) is 2.60. The monoisotopic (exact) mass is 306 g/mol. The number of carboxylic acids is 1. The molecule has 1 amide bonds. The van der Waals surface area contributed by atoms with Crippen LogP contribution in [0.2, 0.25) is 0 Å². The molecule has 2 rings (SSSR count). The van der Waals surface area contributed by atoms with E-state index in [2.05, 4.69) is 16.9 Å². The van der Waals surface area contributed by atoms with Crippen LogP contribution in [-0.2, 0) is 16.0 Å². The Kier molecular flexibility index (Phi) is 4.89. The standard InChI is InChI=1S/C14H14N2O4S/c1-2-7-20-14(19)16-13-15-10-5-3-9(4-6-12(17)18)8-11(10)21-13/h2-3,5,8H,1,4,6-7H2,(H,17,18)(H,15,16,19). The van der Waals surface area contributed by atoms with Gasteiger partial charge >= 0.3 is 12.1 Å². The van der Waals surface area contributed by atoms with Crippen LogP contribution in [0.4, 0.5) is 9.93 Å². The third-order valence-corrected chi connectivity index (χ3v) is 3.56. The molecule has 1 heterocycles. The van der Waals surface area contributed by atoms with Crippen molar-refractivity contribution in [1.82, 2.24) is 4.98 Å². The molecule has 0 radical (unpaired) electrons. The molecule has 0 aliphatic heterocycles. The number of hydrogen-bond donors (Lipinski definition) is 2. The number of aromatic nitrogens is 1. The van der Waals surface area contributed by atoms with E-state index in [0.29, 0.717) is 11.6 Å². The van der Waals surface area contributed by atoms with Gasteiger partial charge in [0.15, 0.2) is 5.13 Å². The summed E-state index contributed by atoms with van der Waals surface area (Å²) >= 11 is 1.31. The summed E-state index contributed by atoms with van der Waals surface area (Å²) in [6.07, 6.45) is 1.45. The normalized spacial score (nSPS) is 10.3. The van der Waals surface area contributed by atoms with E-state index in [1.54, 1.807) is 0 Å². The Balaban J connectivity index is 2.08. The van der Waals surface area contributed by atoms with Gasteiger partial charge in [-0.05, 0) is 24.1 Å². The molecule has 0 bridgehead atoms. The van der Waals surface area contributed by atoms with Gasteiger partial charge in [0.05, 0.1) is 10.2 Å². The van der Waals surface area contributed by atoms with Crippen LogP contribution in [0.15, 0.2) is 30.9 Å². The molecular weight excluding hydrogens is 292 g/mol. The topological polar surface area (TPSA) is 88.5 Å². The molecule has 0 saturated heterocycles. The zero-order valence-electron chi connectivity index (χ0n) is 11.2. The van der Waals surface area contributed by atoms with Crippen molar-refractivity contribution in [3.63, 3.8) is 0 Å². The minimum absolute atomic E-state index is 0.0866.